The van der Waals surface area contributed by atoms with Crippen molar-refractivity contribution in [3.63, 3.8) is 0 Å². The number of aryl methyl sites for hydroxylation is 1. The number of hydrogen-bond donors (Lipinski definition) is 0. The van der Waals surface area contributed by atoms with E-state index >= 15 is 0 Å². The van der Waals surface area contributed by atoms with Gasteiger partial charge in [-0.2, -0.15) is 0 Å². The summed E-state index contributed by atoms with van der Waals surface area (Å²) >= 11 is 0. The number of rotatable bonds is 2. The van der Waals surface area contributed by atoms with Gasteiger partial charge in [-0.25, -0.2) is 0 Å². The number of benzene rings is 2. The second-order valence-electron chi connectivity index (χ2n) is 3.32. The molecule has 0 aliphatic rings. The van der Waals surface area contributed by atoms with Gasteiger partial charge in [-0.1, -0.05) is 36.3 Å². The molecule has 0 aliphatic carbocycles. The first-order valence-electron chi connectivity index (χ1n) is 7.22. The zero-order valence-electron chi connectivity index (χ0n) is 13.8. The van der Waals surface area contributed by atoms with Crippen molar-refractivity contribution < 1.29 is 6.85 Å². The number of nitrogens with zero attached hydrogens (tertiary/aromatic N) is 1. The van der Waals surface area contributed by atoms with Crippen LogP contribution in [0, 0.1) is 6.92 Å². The third-order valence-corrected chi connectivity index (χ3v) is 2.30. The van der Waals surface area contributed by atoms with Gasteiger partial charge in [0.2, 0.25) is 0 Å². The average molecular weight is 202 g/mol. The van der Waals surface area contributed by atoms with Crippen molar-refractivity contribution in [2.24, 2.45) is 0 Å². The van der Waals surface area contributed by atoms with Gasteiger partial charge >= 0.3 is 0 Å². The molecule has 0 saturated carbocycles. The summed E-state index contributed by atoms with van der Waals surface area (Å²) in [5.41, 5.74) is 1.97. The molecule has 2 aromatic carbocycles. The van der Waals surface area contributed by atoms with Crippen LogP contribution in [0.2, 0.25) is 0 Å². The van der Waals surface area contributed by atoms with E-state index in [1.54, 1.807) is 11.9 Å². The van der Waals surface area contributed by atoms with Gasteiger partial charge in [-0.05, 0) is 30.6 Å². The quantitative estimate of drug-likeness (QED) is 0.716. The van der Waals surface area contributed by atoms with E-state index in [9.17, 15) is 0 Å². The smallest absolute Gasteiger partial charge is 0.0645 e. The molecule has 2 aromatic rings. The Morgan fingerprint density at radius 2 is 1.73 bits per heavy atom. The maximum atomic E-state index is 7.97. The summed E-state index contributed by atoms with van der Waals surface area (Å²) in [4.78, 5) is 1.63. The lowest BCUT2D eigenvalue weighted by atomic mass is 10.1. The van der Waals surface area contributed by atoms with Crippen molar-refractivity contribution >= 4 is 11.4 Å². The number of para-hydroxylation sites is 2. The highest BCUT2D eigenvalue weighted by Gasteiger charge is 2.04. The van der Waals surface area contributed by atoms with E-state index in [4.69, 9.17) is 6.85 Å². The van der Waals surface area contributed by atoms with Gasteiger partial charge in [-0.15, -0.1) is 0 Å². The minimum absolute atomic E-state index is 0.185. The minimum atomic E-state index is -0.373. The number of hydrogen-bond acceptors (Lipinski definition) is 1. The maximum absolute atomic E-state index is 7.97. The van der Waals surface area contributed by atoms with E-state index in [0.29, 0.717) is 0 Å². The van der Waals surface area contributed by atoms with Crippen LogP contribution in [0.5, 0.6) is 0 Å². The first-order valence-corrected chi connectivity index (χ1v) is 4.72. The van der Waals surface area contributed by atoms with E-state index in [1.807, 2.05) is 31.2 Å². The van der Waals surface area contributed by atoms with Crippen LogP contribution in [0.1, 0.15) is 12.4 Å². The Morgan fingerprint density at radius 1 is 1.07 bits per heavy atom. The van der Waals surface area contributed by atoms with Gasteiger partial charge in [-0.3, -0.25) is 0 Å². The molecule has 0 fully saturated rings. The molecule has 0 saturated heterocycles. The van der Waals surface area contributed by atoms with Crippen LogP contribution in [0.25, 0.3) is 0 Å². The van der Waals surface area contributed by atoms with Crippen LogP contribution in [-0.2, 0) is 0 Å². The molecule has 0 N–H and O–H groups in total. The molecule has 0 amide bonds. The summed E-state index contributed by atoms with van der Waals surface area (Å²) in [6.45, 7) is 1.92. The minimum Gasteiger partial charge on any atom is -0.344 e. The standard InChI is InChI=1S/C14H15N/c1-12-8-6-7-11-14(12)15(2)13-9-4-3-5-10-13/h3-11H,1-2H3/i3D,4D,5D,9D,10D. The van der Waals surface area contributed by atoms with Crippen LogP contribution in [0.15, 0.2) is 54.5 Å². The summed E-state index contributed by atoms with van der Waals surface area (Å²) in [5, 5.41) is 0. The Balaban J connectivity index is 2.68. The lowest BCUT2D eigenvalue weighted by Gasteiger charge is -2.21. The molecule has 15 heavy (non-hydrogen) atoms. The predicted octanol–water partition coefficient (Wildman–Crippen LogP) is 3.76. The summed E-state index contributed by atoms with van der Waals surface area (Å²) in [7, 11) is 1.70. The highest BCUT2D eigenvalue weighted by molar-refractivity contribution is 5.65. The SMILES string of the molecule is [2H]c1c([2H])c([2H])c(N(C)c2ccccc2C)c([2H])c1[2H]. The summed E-state index contributed by atoms with van der Waals surface area (Å²) in [6.07, 6.45) is 0. The van der Waals surface area contributed by atoms with Gasteiger partial charge in [0, 0.05) is 18.4 Å². The summed E-state index contributed by atoms with van der Waals surface area (Å²) in [6, 6.07) is 6.13. The van der Waals surface area contributed by atoms with E-state index in [1.165, 1.54) is 0 Å². The van der Waals surface area contributed by atoms with Crippen molar-refractivity contribution in [3.8, 4) is 0 Å². The summed E-state index contributed by atoms with van der Waals surface area (Å²) < 4.78 is 39.0. The second kappa shape index (κ2) is 4.18. The Bertz CT molecular complexity index is 640. The topological polar surface area (TPSA) is 3.24 Å². The van der Waals surface area contributed by atoms with Crippen molar-refractivity contribution in [3.05, 3.63) is 60.0 Å². The molecule has 0 atom stereocenters. The fourth-order valence-corrected chi connectivity index (χ4v) is 1.47. The van der Waals surface area contributed by atoms with Crippen LogP contribution < -0.4 is 4.90 Å². The Morgan fingerprint density at radius 3 is 2.40 bits per heavy atom. The van der Waals surface area contributed by atoms with Gasteiger partial charge in [0.15, 0.2) is 0 Å². The monoisotopic (exact) mass is 202 g/mol. The second-order valence-corrected chi connectivity index (χ2v) is 3.32. The third-order valence-electron chi connectivity index (χ3n) is 2.30. The lowest BCUT2D eigenvalue weighted by Crippen LogP contribution is -2.10. The van der Waals surface area contributed by atoms with Crippen LogP contribution in [-0.4, -0.2) is 7.05 Å². The average Bonchev–Trinajstić information content (AvgIpc) is 2.43. The molecule has 0 heterocycles. The van der Waals surface area contributed by atoms with Crippen molar-refractivity contribution in [2.45, 2.75) is 6.92 Å². The zero-order valence-corrected chi connectivity index (χ0v) is 8.76. The van der Waals surface area contributed by atoms with E-state index < -0.39 is 0 Å². The molecule has 0 spiro atoms. The molecule has 76 valence electrons. The Hall–Kier alpha value is -1.76. The van der Waals surface area contributed by atoms with Crippen molar-refractivity contribution in [1.29, 1.82) is 0 Å². The van der Waals surface area contributed by atoms with Gasteiger partial charge < -0.3 is 4.90 Å². The number of anilines is 2. The van der Waals surface area contributed by atoms with Crippen LogP contribution in [0.3, 0.4) is 0 Å². The normalized spacial score (nSPS) is 14.7. The Labute approximate surface area is 98.0 Å². The van der Waals surface area contributed by atoms with Gasteiger partial charge in [0.25, 0.3) is 0 Å². The first-order chi connectivity index (χ1) is 9.36. The molecule has 0 unspecified atom stereocenters. The van der Waals surface area contributed by atoms with Crippen LogP contribution >= 0.6 is 0 Å². The molecule has 0 radical (unpaired) electrons. The molecule has 0 bridgehead atoms. The van der Waals surface area contributed by atoms with E-state index in [-0.39, 0.29) is 35.9 Å². The third kappa shape index (κ3) is 2.01. The molecule has 1 nitrogen and oxygen atoms in total. The van der Waals surface area contributed by atoms with E-state index in [2.05, 4.69) is 0 Å². The maximum Gasteiger partial charge on any atom is 0.0645 e. The molecular weight excluding hydrogens is 182 g/mol. The predicted molar refractivity (Wildman–Crippen MR) is 65.7 cm³/mol. The molecule has 1 heteroatoms. The van der Waals surface area contributed by atoms with Gasteiger partial charge in [0.1, 0.15) is 0 Å². The lowest BCUT2D eigenvalue weighted by molar-refractivity contribution is 1.18. The van der Waals surface area contributed by atoms with Crippen LogP contribution in [0.4, 0.5) is 11.4 Å². The molecule has 2 rings (SSSR count). The zero-order chi connectivity index (χ0) is 15.0. The summed E-state index contributed by atoms with van der Waals surface area (Å²) in [5.74, 6) is 0. The highest BCUT2D eigenvalue weighted by Crippen LogP contribution is 2.25. The molecular formula is C14H15N. The Kier molecular flexibility index (Phi) is 1.49. The van der Waals surface area contributed by atoms with E-state index in [0.717, 1.165) is 11.3 Å². The fourth-order valence-electron chi connectivity index (χ4n) is 1.47. The van der Waals surface area contributed by atoms with Crippen molar-refractivity contribution in [1.82, 2.24) is 0 Å². The molecule has 0 aromatic heterocycles. The largest absolute Gasteiger partial charge is 0.344 e. The van der Waals surface area contributed by atoms with Crippen molar-refractivity contribution in [2.75, 3.05) is 11.9 Å². The first kappa shape index (κ1) is 5.36. The fraction of sp³-hybridized carbons (Fsp3) is 0.143. The molecule has 0 aliphatic heterocycles. The highest BCUT2D eigenvalue weighted by atomic mass is 15.1. The van der Waals surface area contributed by atoms with Gasteiger partial charge in [0.05, 0.1) is 6.85 Å².